The summed E-state index contributed by atoms with van der Waals surface area (Å²) in [5, 5.41) is 10.1. The van der Waals surface area contributed by atoms with Gasteiger partial charge in [-0.1, -0.05) is 54.1 Å². The lowest BCUT2D eigenvalue weighted by atomic mass is 10.1. The Morgan fingerprint density at radius 3 is 2.56 bits per heavy atom. The number of benzene rings is 2. The van der Waals surface area contributed by atoms with Crippen LogP contribution in [0.2, 0.25) is 5.02 Å². The van der Waals surface area contributed by atoms with E-state index in [1.807, 2.05) is 42.5 Å². The fraction of sp³-hybridized carbons (Fsp3) is 0.130. The lowest BCUT2D eigenvalue weighted by Crippen LogP contribution is -2.23. The highest BCUT2D eigenvalue weighted by Gasteiger charge is 2.20. The van der Waals surface area contributed by atoms with E-state index in [4.69, 9.17) is 16.3 Å². The fourth-order valence-electron chi connectivity index (χ4n) is 2.99. The molecule has 2 heterocycles. The predicted octanol–water partition coefficient (Wildman–Crippen LogP) is 4.76. The molecular formula is C23H19ClN4O3S. The Bertz CT molecular complexity index is 1240. The summed E-state index contributed by atoms with van der Waals surface area (Å²) < 4.78 is 6.59. The van der Waals surface area contributed by atoms with Crippen LogP contribution in [0, 0.1) is 0 Å². The molecule has 9 heteroatoms. The fourth-order valence-corrected chi connectivity index (χ4v) is 3.87. The van der Waals surface area contributed by atoms with E-state index in [-0.39, 0.29) is 23.9 Å². The number of hydrogen-bond acceptors (Lipinski definition) is 6. The van der Waals surface area contributed by atoms with Crippen LogP contribution in [0.25, 0.3) is 16.4 Å². The van der Waals surface area contributed by atoms with Gasteiger partial charge in [-0.3, -0.25) is 4.79 Å². The van der Waals surface area contributed by atoms with Crippen LogP contribution < -0.4 is 5.32 Å². The Hall–Kier alpha value is -3.49. The molecule has 1 N–H and O–H groups in total. The summed E-state index contributed by atoms with van der Waals surface area (Å²) in [4.78, 5) is 29.2. The van der Waals surface area contributed by atoms with Gasteiger partial charge >= 0.3 is 5.97 Å². The number of carbonyl (C=O) groups is 2. The minimum atomic E-state index is -0.496. The van der Waals surface area contributed by atoms with E-state index >= 15 is 0 Å². The lowest BCUT2D eigenvalue weighted by molar-refractivity contribution is 0.0520. The Morgan fingerprint density at radius 2 is 1.84 bits per heavy atom. The van der Waals surface area contributed by atoms with E-state index in [1.54, 1.807) is 35.2 Å². The first-order valence-electron chi connectivity index (χ1n) is 9.86. The maximum absolute atomic E-state index is 12.8. The number of nitrogens with one attached hydrogen (secondary N) is 1. The zero-order valence-electron chi connectivity index (χ0n) is 17.1. The topological polar surface area (TPSA) is 86.1 Å². The number of amides is 1. The SMILES string of the molecule is CCOC(=O)c1csc(-n2nc(C(=O)NCc3ccc(Cl)cc3)cc2-c2ccccc2)n1. The average Bonchev–Trinajstić information content (AvgIpc) is 3.47. The quantitative estimate of drug-likeness (QED) is 0.397. The molecule has 0 radical (unpaired) electrons. The van der Waals surface area contributed by atoms with Crippen molar-refractivity contribution in [2.24, 2.45) is 0 Å². The van der Waals surface area contributed by atoms with Crippen LogP contribution in [0.3, 0.4) is 0 Å². The molecule has 7 nitrogen and oxygen atoms in total. The highest BCUT2D eigenvalue weighted by Crippen LogP contribution is 2.26. The van der Waals surface area contributed by atoms with Crippen LogP contribution in [0.1, 0.15) is 33.5 Å². The summed E-state index contributed by atoms with van der Waals surface area (Å²) >= 11 is 7.16. The number of ether oxygens (including phenoxy) is 1. The van der Waals surface area contributed by atoms with E-state index in [1.165, 1.54) is 11.3 Å². The molecule has 0 fully saturated rings. The van der Waals surface area contributed by atoms with E-state index in [0.29, 0.717) is 22.4 Å². The summed E-state index contributed by atoms with van der Waals surface area (Å²) in [7, 11) is 0. The van der Waals surface area contributed by atoms with Gasteiger partial charge in [0.05, 0.1) is 12.3 Å². The van der Waals surface area contributed by atoms with Gasteiger partial charge in [0.15, 0.2) is 11.4 Å². The summed E-state index contributed by atoms with van der Waals surface area (Å²) in [6.07, 6.45) is 0. The smallest absolute Gasteiger partial charge is 0.357 e. The molecule has 32 heavy (non-hydrogen) atoms. The lowest BCUT2D eigenvalue weighted by Gasteiger charge is -2.04. The number of esters is 1. The van der Waals surface area contributed by atoms with Crippen LogP contribution in [0.5, 0.6) is 0 Å². The molecule has 2 aromatic heterocycles. The van der Waals surface area contributed by atoms with Crippen molar-refractivity contribution in [3.8, 4) is 16.4 Å². The van der Waals surface area contributed by atoms with E-state index in [2.05, 4.69) is 15.4 Å². The molecule has 0 unspecified atom stereocenters. The number of hydrogen-bond donors (Lipinski definition) is 1. The molecule has 4 aromatic rings. The van der Waals surface area contributed by atoms with Crippen molar-refractivity contribution in [3.63, 3.8) is 0 Å². The number of thiazole rings is 1. The number of halogens is 1. The van der Waals surface area contributed by atoms with Crippen molar-refractivity contribution in [2.75, 3.05) is 6.61 Å². The molecular weight excluding hydrogens is 448 g/mol. The van der Waals surface area contributed by atoms with Gasteiger partial charge in [0.25, 0.3) is 5.91 Å². The Kier molecular flexibility index (Phi) is 6.63. The average molecular weight is 467 g/mol. The Labute approximate surface area is 193 Å². The first-order chi connectivity index (χ1) is 15.5. The van der Waals surface area contributed by atoms with Crippen LogP contribution in [0.4, 0.5) is 0 Å². The zero-order chi connectivity index (χ0) is 22.5. The second-order valence-corrected chi connectivity index (χ2v) is 8.01. The maximum Gasteiger partial charge on any atom is 0.357 e. The summed E-state index contributed by atoms with van der Waals surface area (Å²) in [5.41, 5.74) is 2.92. The molecule has 0 aliphatic rings. The third-order valence-corrected chi connectivity index (χ3v) is 5.60. The molecule has 162 valence electrons. The minimum Gasteiger partial charge on any atom is -0.461 e. The van der Waals surface area contributed by atoms with Crippen LogP contribution >= 0.6 is 22.9 Å². The molecule has 0 atom stereocenters. The zero-order valence-corrected chi connectivity index (χ0v) is 18.7. The van der Waals surface area contributed by atoms with Gasteiger partial charge in [-0.15, -0.1) is 11.3 Å². The van der Waals surface area contributed by atoms with Gasteiger partial charge in [0, 0.05) is 22.5 Å². The van der Waals surface area contributed by atoms with Crippen molar-refractivity contribution in [2.45, 2.75) is 13.5 Å². The van der Waals surface area contributed by atoms with Crippen molar-refractivity contribution in [1.82, 2.24) is 20.1 Å². The minimum absolute atomic E-state index is 0.204. The largest absolute Gasteiger partial charge is 0.461 e. The molecule has 4 rings (SSSR count). The van der Waals surface area contributed by atoms with E-state index in [0.717, 1.165) is 11.1 Å². The first-order valence-corrected chi connectivity index (χ1v) is 11.1. The molecule has 1 amide bonds. The molecule has 0 spiro atoms. The van der Waals surface area contributed by atoms with Gasteiger partial charge in [0.1, 0.15) is 0 Å². The Balaban J connectivity index is 1.63. The summed E-state index contributed by atoms with van der Waals surface area (Å²) in [5.74, 6) is -0.817. The normalized spacial score (nSPS) is 10.7. The standard InChI is InChI=1S/C23H19ClN4O3S/c1-2-31-22(30)19-14-32-23(26-19)28-20(16-6-4-3-5-7-16)12-18(27-28)21(29)25-13-15-8-10-17(24)11-9-15/h3-12,14H,2,13H2,1H3,(H,25,29). The van der Waals surface area contributed by atoms with E-state index < -0.39 is 5.97 Å². The van der Waals surface area contributed by atoms with Gasteiger partial charge in [-0.2, -0.15) is 5.10 Å². The number of rotatable bonds is 7. The highest BCUT2D eigenvalue weighted by molar-refractivity contribution is 7.12. The third kappa shape index (κ3) is 4.87. The molecule has 0 aliphatic carbocycles. The van der Waals surface area contributed by atoms with Crippen LogP contribution in [-0.2, 0) is 11.3 Å². The molecule has 0 saturated carbocycles. The molecule has 0 aliphatic heterocycles. The van der Waals surface area contributed by atoms with Gasteiger partial charge in [-0.05, 0) is 30.7 Å². The van der Waals surface area contributed by atoms with Crippen molar-refractivity contribution >= 4 is 34.8 Å². The van der Waals surface area contributed by atoms with Crippen LogP contribution in [0.15, 0.2) is 66.0 Å². The van der Waals surface area contributed by atoms with Crippen molar-refractivity contribution in [3.05, 3.63) is 88.0 Å². The molecule has 0 bridgehead atoms. The second-order valence-electron chi connectivity index (χ2n) is 6.74. The van der Waals surface area contributed by atoms with Crippen molar-refractivity contribution < 1.29 is 14.3 Å². The molecule has 0 saturated heterocycles. The highest BCUT2D eigenvalue weighted by atomic mass is 35.5. The number of aromatic nitrogens is 3. The first kappa shape index (κ1) is 21.7. The summed E-state index contributed by atoms with van der Waals surface area (Å²) in [6, 6.07) is 18.5. The van der Waals surface area contributed by atoms with Crippen molar-refractivity contribution in [1.29, 1.82) is 0 Å². The Morgan fingerprint density at radius 1 is 1.09 bits per heavy atom. The van der Waals surface area contributed by atoms with E-state index in [9.17, 15) is 9.59 Å². The van der Waals surface area contributed by atoms with Gasteiger partial charge in [-0.25, -0.2) is 14.5 Å². The third-order valence-electron chi connectivity index (χ3n) is 4.54. The second kappa shape index (κ2) is 9.76. The van der Waals surface area contributed by atoms with Gasteiger partial charge in [0.2, 0.25) is 5.13 Å². The maximum atomic E-state index is 12.8. The van der Waals surface area contributed by atoms with Crippen LogP contribution in [-0.4, -0.2) is 33.2 Å². The predicted molar refractivity (Wildman–Crippen MR) is 123 cm³/mol. The molecule has 2 aromatic carbocycles. The number of nitrogens with zero attached hydrogens (tertiary/aromatic N) is 3. The summed E-state index contributed by atoms with van der Waals surface area (Å²) in [6.45, 7) is 2.34. The number of carbonyl (C=O) groups excluding carboxylic acids is 2. The monoisotopic (exact) mass is 466 g/mol. The van der Waals surface area contributed by atoms with Gasteiger partial charge < -0.3 is 10.1 Å².